The van der Waals surface area contributed by atoms with Crippen LogP contribution >= 0.6 is 15.9 Å². The molecule has 98 valence electrons. The van der Waals surface area contributed by atoms with Gasteiger partial charge in [0.1, 0.15) is 6.10 Å². The van der Waals surface area contributed by atoms with Gasteiger partial charge in [-0.2, -0.15) is 0 Å². The summed E-state index contributed by atoms with van der Waals surface area (Å²) in [5.74, 6) is 0.948. The lowest BCUT2D eigenvalue weighted by Crippen LogP contribution is -2.19. The lowest BCUT2D eigenvalue weighted by Gasteiger charge is -2.19. The highest BCUT2D eigenvalue weighted by molar-refractivity contribution is 9.09. The van der Waals surface area contributed by atoms with Gasteiger partial charge in [-0.05, 0) is 24.1 Å². The number of halogens is 1. The lowest BCUT2D eigenvalue weighted by atomic mass is 9.97. The number of ether oxygens (including phenoxy) is 2. The Bertz CT molecular complexity index is 448. The summed E-state index contributed by atoms with van der Waals surface area (Å²) in [4.78, 5) is 11.0. The van der Waals surface area contributed by atoms with Gasteiger partial charge in [-0.15, -0.1) is 0 Å². The molecule has 18 heavy (non-hydrogen) atoms. The van der Waals surface area contributed by atoms with Gasteiger partial charge >= 0.3 is 0 Å². The minimum atomic E-state index is -1.13. The second-order valence-corrected chi connectivity index (χ2v) is 4.74. The molecule has 1 aromatic carbocycles. The van der Waals surface area contributed by atoms with E-state index in [0.29, 0.717) is 40.7 Å². The number of hydrogen-bond acceptors (Lipinski definition) is 5. The summed E-state index contributed by atoms with van der Waals surface area (Å²) in [6.07, 6.45) is -1.06. The number of alkyl halides is 1. The topological polar surface area (TPSA) is 76.0 Å². The largest absolute Gasteiger partial charge is 0.454 e. The molecule has 0 amide bonds. The van der Waals surface area contributed by atoms with Crippen molar-refractivity contribution in [2.75, 3.05) is 12.1 Å². The van der Waals surface area contributed by atoms with Gasteiger partial charge in [0.25, 0.3) is 0 Å². The van der Waals surface area contributed by atoms with Gasteiger partial charge < -0.3 is 19.7 Å². The van der Waals surface area contributed by atoms with Crippen LogP contribution in [0.5, 0.6) is 11.5 Å². The van der Waals surface area contributed by atoms with E-state index in [1.54, 1.807) is 0 Å². The SMILES string of the molecule is O=Cc1cc2c(cc1C(O)C(O)CCBr)OCO2. The third-order valence-electron chi connectivity index (χ3n) is 2.79. The minimum absolute atomic E-state index is 0.0944. The minimum Gasteiger partial charge on any atom is -0.454 e. The standard InChI is InChI=1S/C12H13BrO5/c13-2-1-9(15)12(16)8-4-11-10(17-6-18-11)3-7(8)5-14/h3-5,9,12,15-16H,1-2,6H2. The summed E-state index contributed by atoms with van der Waals surface area (Å²) in [6, 6.07) is 3.04. The number of fused-ring (bicyclic) bond motifs is 1. The van der Waals surface area contributed by atoms with Crippen LogP contribution in [0.2, 0.25) is 0 Å². The molecular weight excluding hydrogens is 304 g/mol. The van der Waals surface area contributed by atoms with Gasteiger partial charge in [-0.25, -0.2) is 0 Å². The van der Waals surface area contributed by atoms with E-state index >= 15 is 0 Å². The fraction of sp³-hybridized carbons (Fsp3) is 0.417. The molecule has 1 aliphatic rings. The monoisotopic (exact) mass is 316 g/mol. The molecule has 0 fully saturated rings. The summed E-state index contributed by atoms with van der Waals surface area (Å²) in [6.45, 7) is 0.0944. The normalized spacial score (nSPS) is 16.4. The maximum Gasteiger partial charge on any atom is 0.231 e. The van der Waals surface area contributed by atoms with Crippen LogP contribution in [-0.4, -0.2) is 34.7 Å². The third-order valence-corrected chi connectivity index (χ3v) is 3.25. The highest BCUT2D eigenvalue weighted by atomic mass is 79.9. The Hall–Kier alpha value is -1.11. The second-order valence-electron chi connectivity index (χ2n) is 3.94. The maximum absolute atomic E-state index is 11.0. The van der Waals surface area contributed by atoms with E-state index < -0.39 is 12.2 Å². The van der Waals surface area contributed by atoms with Gasteiger partial charge in [0, 0.05) is 10.9 Å². The van der Waals surface area contributed by atoms with Crippen LogP contribution < -0.4 is 9.47 Å². The van der Waals surface area contributed by atoms with Crippen LogP contribution in [-0.2, 0) is 0 Å². The number of aliphatic hydroxyl groups excluding tert-OH is 2. The number of hydrogen-bond donors (Lipinski definition) is 2. The molecule has 0 saturated heterocycles. The van der Waals surface area contributed by atoms with Crippen molar-refractivity contribution in [2.45, 2.75) is 18.6 Å². The molecule has 2 unspecified atom stereocenters. The molecule has 2 atom stereocenters. The van der Waals surface area contributed by atoms with Crippen LogP contribution in [0, 0.1) is 0 Å². The van der Waals surface area contributed by atoms with Crippen LogP contribution in [0.4, 0.5) is 0 Å². The highest BCUT2D eigenvalue weighted by Crippen LogP contribution is 2.37. The Morgan fingerprint density at radius 2 is 2.00 bits per heavy atom. The number of aliphatic hydroxyl groups is 2. The first-order valence-electron chi connectivity index (χ1n) is 5.48. The zero-order valence-electron chi connectivity index (χ0n) is 9.51. The molecule has 2 N–H and O–H groups in total. The molecule has 1 heterocycles. The van der Waals surface area contributed by atoms with E-state index in [9.17, 15) is 15.0 Å². The van der Waals surface area contributed by atoms with Crippen molar-refractivity contribution in [3.63, 3.8) is 0 Å². The van der Waals surface area contributed by atoms with Gasteiger partial charge in [0.2, 0.25) is 6.79 Å². The van der Waals surface area contributed by atoms with Crippen molar-refractivity contribution in [3.05, 3.63) is 23.3 Å². The van der Waals surface area contributed by atoms with E-state index in [0.717, 1.165) is 0 Å². The number of carbonyl (C=O) groups is 1. The Kier molecular flexibility index (Phi) is 4.21. The van der Waals surface area contributed by atoms with E-state index in [2.05, 4.69) is 15.9 Å². The summed E-state index contributed by atoms with van der Waals surface area (Å²) in [7, 11) is 0. The average molecular weight is 317 g/mol. The predicted molar refractivity (Wildman–Crippen MR) is 67.3 cm³/mol. The first-order chi connectivity index (χ1) is 8.67. The maximum atomic E-state index is 11.0. The smallest absolute Gasteiger partial charge is 0.231 e. The van der Waals surface area contributed by atoms with Crippen LogP contribution in [0.15, 0.2) is 12.1 Å². The average Bonchev–Trinajstić information content (AvgIpc) is 2.83. The zero-order chi connectivity index (χ0) is 13.1. The number of rotatable bonds is 5. The quantitative estimate of drug-likeness (QED) is 0.634. The molecule has 2 rings (SSSR count). The first-order valence-corrected chi connectivity index (χ1v) is 6.60. The van der Waals surface area contributed by atoms with Gasteiger partial charge in [0.05, 0.1) is 6.10 Å². The molecule has 0 aliphatic carbocycles. The van der Waals surface area contributed by atoms with Crippen molar-refractivity contribution in [2.24, 2.45) is 0 Å². The summed E-state index contributed by atoms with van der Waals surface area (Å²) in [5.41, 5.74) is 0.642. The van der Waals surface area contributed by atoms with Gasteiger partial charge in [-0.3, -0.25) is 4.79 Å². The van der Waals surface area contributed by atoms with Crippen molar-refractivity contribution in [1.82, 2.24) is 0 Å². The molecule has 1 aliphatic heterocycles. The Morgan fingerprint density at radius 3 is 2.61 bits per heavy atom. The number of benzene rings is 1. The van der Waals surface area contributed by atoms with E-state index in [-0.39, 0.29) is 6.79 Å². The summed E-state index contributed by atoms with van der Waals surface area (Å²) < 4.78 is 10.3. The zero-order valence-corrected chi connectivity index (χ0v) is 11.1. The summed E-state index contributed by atoms with van der Waals surface area (Å²) >= 11 is 3.19. The Labute approximate surface area is 112 Å². The van der Waals surface area contributed by atoms with Gasteiger partial charge in [0.15, 0.2) is 17.8 Å². The van der Waals surface area contributed by atoms with Crippen LogP contribution in [0.3, 0.4) is 0 Å². The van der Waals surface area contributed by atoms with Gasteiger partial charge in [-0.1, -0.05) is 15.9 Å². The first kappa shape index (κ1) is 13.3. The summed E-state index contributed by atoms with van der Waals surface area (Å²) in [5, 5.41) is 20.4. The fourth-order valence-electron chi connectivity index (χ4n) is 1.81. The highest BCUT2D eigenvalue weighted by Gasteiger charge is 2.24. The van der Waals surface area contributed by atoms with Crippen LogP contribution in [0.25, 0.3) is 0 Å². The number of carbonyl (C=O) groups excluding carboxylic acids is 1. The molecule has 0 spiro atoms. The molecule has 0 aromatic heterocycles. The molecule has 0 saturated carbocycles. The van der Waals surface area contributed by atoms with Crippen molar-refractivity contribution >= 4 is 22.2 Å². The Balaban J connectivity index is 2.34. The molecular formula is C12H13BrO5. The van der Waals surface area contributed by atoms with E-state index in [1.807, 2.05) is 0 Å². The predicted octanol–water partition coefficient (Wildman–Crippen LogP) is 1.41. The van der Waals surface area contributed by atoms with Crippen molar-refractivity contribution < 1.29 is 24.5 Å². The molecule has 5 nitrogen and oxygen atoms in total. The molecule has 0 radical (unpaired) electrons. The Morgan fingerprint density at radius 1 is 1.33 bits per heavy atom. The second kappa shape index (κ2) is 5.69. The molecule has 1 aromatic rings. The third kappa shape index (κ3) is 2.50. The molecule has 0 bridgehead atoms. The van der Waals surface area contributed by atoms with Crippen LogP contribution in [0.1, 0.15) is 28.4 Å². The van der Waals surface area contributed by atoms with E-state index in [1.165, 1.54) is 12.1 Å². The fourth-order valence-corrected chi connectivity index (χ4v) is 2.28. The number of aldehydes is 1. The van der Waals surface area contributed by atoms with Crippen molar-refractivity contribution in [3.8, 4) is 11.5 Å². The van der Waals surface area contributed by atoms with E-state index in [4.69, 9.17) is 9.47 Å². The van der Waals surface area contributed by atoms with Crippen molar-refractivity contribution in [1.29, 1.82) is 0 Å². The molecule has 6 heteroatoms. The lowest BCUT2D eigenvalue weighted by molar-refractivity contribution is 0.0169.